The Kier molecular flexibility index (Phi) is 5.26. The molecule has 4 aromatic rings. The normalized spacial score (nSPS) is 10.9. The minimum absolute atomic E-state index is 0.692. The third-order valence-corrected chi connectivity index (χ3v) is 4.79. The van der Waals surface area contributed by atoms with Crippen LogP contribution in [0.4, 0.5) is 0 Å². The van der Waals surface area contributed by atoms with Gasteiger partial charge in [0, 0.05) is 5.56 Å². The van der Waals surface area contributed by atoms with Crippen molar-refractivity contribution < 1.29 is 4.79 Å². The van der Waals surface area contributed by atoms with Crippen LogP contribution in [0.3, 0.4) is 0 Å². The SMILES string of the molecule is O=Cc1ccc(-c2ccccc2)cc1/C=C/c1ccc(-c2ccccc2)cc1. The fraction of sp³-hybridized carbons (Fsp3) is 0. The predicted molar refractivity (Wildman–Crippen MR) is 118 cm³/mol. The Bertz CT molecular complexity index is 1090. The molecule has 134 valence electrons. The zero-order chi connectivity index (χ0) is 19.2. The van der Waals surface area contributed by atoms with Crippen LogP contribution in [0.15, 0.2) is 103 Å². The van der Waals surface area contributed by atoms with E-state index in [-0.39, 0.29) is 0 Å². The van der Waals surface area contributed by atoms with Gasteiger partial charge in [-0.05, 0) is 39.4 Å². The first-order valence-corrected chi connectivity index (χ1v) is 9.32. The van der Waals surface area contributed by atoms with Crippen LogP contribution in [-0.2, 0) is 0 Å². The predicted octanol–water partition coefficient (Wildman–Crippen LogP) is 7.00. The molecule has 28 heavy (non-hydrogen) atoms. The molecule has 0 saturated carbocycles. The van der Waals surface area contributed by atoms with Crippen molar-refractivity contribution in [3.8, 4) is 22.3 Å². The molecule has 0 aromatic heterocycles. The number of carbonyl (C=O) groups excluding carboxylic acids is 1. The van der Waals surface area contributed by atoms with Gasteiger partial charge < -0.3 is 0 Å². The molecule has 0 atom stereocenters. The summed E-state index contributed by atoms with van der Waals surface area (Å²) in [7, 11) is 0. The maximum atomic E-state index is 11.5. The van der Waals surface area contributed by atoms with Gasteiger partial charge in [0.15, 0.2) is 6.29 Å². The van der Waals surface area contributed by atoms with E-state index in [0.717, 1.165) is 28.5 Å². The Balaban J connectivity index is 1.61. The van der Waals surface area contributed by atoms with E-state index in [2.05, 4.69) is 54.6 Å². The lowest BCUT2D eigenvalue weighted by molar-refractivity contribution is 0.112. The quantitative estimate of drug-likeness (QED) is 0.276. The molecule has 0 saturated heterocycles. The van der Waals surface area contributed by atoms with E-state index >= 15 is 0 Å². The molecule has 0 heterocycles. The zero-order valence-corrected chi connectivity index (χ0v) is 15.5. The standard InChI is InChI=1S/C27H20O/c28-20-27-18-17-25(23-9-5-2-6-10-23)19-26(27)16-13-21-11-14-24(15-12-21)22-7-3-1-4-8-22/h1-20H/b16-13+. The van der Waals surface area contributed by atoms with E-state index in [0.29, 0.717) is 5.56 Å². The minimum Gasteiger partial charge on any atom is -0.298 e. The maximum Gasteiger partial charge on any atom is 0.150 e. The van der Waals surface area contributed by atoms with Crippen molar-refractivity contribution in [2.24, 2.45) is 0 Å². The monoisotopic (exact) mass is 360 g/mol. The highest BCUT2D eigenvalue weighted by Crippen LogP contribution is 2.24. The molecule has 1 nitrogen and oxygen atoms in total. The van der Waals surface area contributed by atoms with Gasteiger partial charge in [0.25, 0.3) is 0 Å². The number of aldehydes is 1. The molecule has 0 N–H and O–H groups in total. The lowest BCUT2D eigenvalue weighted by Crippen LogP contribution is -1.88. The average Bonchev–Trinajstić information content (AvgIpc) is 2.79. The highest BCUT2D eigenvalue weighted by molar-refractivity contribution is 5.87. The summed E-state index contributed by atoms with van der Waals surface area (Å²) in [5.74, 6) is 0. The van der Waals surface area contributed by atoms with E-state index in [9.17, 15) is 4.79 Å². The molecule has 0 radical (unpaired) electrons. The van der Waals surface area contributed by atoms with Gasteiger partial charge in [-0.1, -0.05) is 109 Å². The van der Waals surface area contributed by atoms with Crippen molar-refractivity contribution in [1.82, 2.24) is 0 Å². The van der Waals surface area contributed by atoms with Crippen molar-refractivity contribution in [3.63, 3.8) is 0 Å². The third kappa shape index (κ3) is 3.99. The van der Waals surface area contributed by atoms with Crippen LogP contribution in [-0.4, -0.2) is 6.29 Å². The number of hydrogen-bond donors (Lipinski definition) is 0. The molecule has 1 heteroatoms. The fourth-order valence-electron chi connectivity index (χ4n) is 3.24. The zero-order valence-electron chi connectivity index (χ0n) is 15.5. The van der Waals surface area contributed by atoms with Crippen LogP contribution in [0.25, 0.3) is 34.4 Å². The molecule has 0 unspecified atom stereocenters. The summed E-state index contributed by atoms with van der Waals surface area (Å²) in [6.45, 7) is 0. The van der Waals surface area contributed by atoms with Crippen LogP contribution < -0.4 is 0 Å². The number of benzene rings is 4. The smallest absolute Gasteiger partial charge is 0.150 e. The molecule has 4 aromatic carbocycles. The van der Waals surface area contributed by atoms with Gasteiger partial charge in [-0.2, -0.15) is 0 Å². The molecule has 0 bridgehead atoms. The van der Waals surface area contributed by atoms with Gasteiger partial charge >= 0.3 is 0 Å². The molecule has 0 aliphatic heterocycles. The van der Waals surface area contributed by atoms with Crippen LogP contribution in [0, 0.1) is 0 Å². The molecule has 0 aliphatic rings. The highest BCUT2D eigenvalue weighted by Gasteiger charge is 2.03. The van der Waals surface area contributed by atoms with Gasteiger partial charge in [-0.15, -0.1) is 0 Å². The summed E-state index contributed by atoms with van der Waals surface area (Å²) >= 11 is 0. The second-order valence-corrected chi connectivity index (χ2v) is 6.65. The second-order valence-electron chi connectivity index (χ2n) is 6.65. The minimum atomic E-state index is 0.692. The topological polar surface area (TPSA) is 17.1 Å². The van der Waals surface area contributed by atoms with Crippen LogP contribution in [0.5, 0.6) is 0 Å². The van der Waals surface area contributed by atoms with Crippen LogP contribution >= 0.6 is 0 Å². The number of carbonyl (C=O) groups is 1. The van der Waals surface area contributed by atoms with Gasteiger partial charge in [-0.25, -0.2) is 0 Å². The molecule has 0 aliphatic carbocycles. The van der Waals surface area contributed by atoms with Gasteiger partial charge in [0.05, 0.1) is 0 Å². The van der Waals surface area contributed by atoms with Crippen molar-refractivity contribution in [2.45, 2.75) is 0 Å². The second kappa shape index (κ2) is 8.32. The first kappa shape index (κ1) is 17.7. The van der Waals surface area contributed by atoms with E-state index in [1.54, 1.807) is 0 Å². The van der Waals surface area contributed by atoms with Crippen molar-refractivity contribution in [2.75, 3.05) is 0 Å². The Morgan fingerprint density at radius 3 is 1.61 bits per heavy atom. The summed E-state index contributed by atoms with van der Waals surface area (Å²) in [6, 6.07) is 34.9. The summed E-state index contributed by atoms with van der Waals surface area (Å²) in [5.41, 5.74) is 7.35. The first-order valence-electron chi connectivity index (χ1n) is 9.32. The maximum absolute atomic E-state index is 11.5. The molecular weight excluding hydrogens is 340 g/mol. The molecule has 0 spiro atoms. The van der Waals surface area contributed by atoms with E-state index in [1.165, 1.54) is 11.1 Å². The van der Waals surface area contributed by atoms with E-state index < -0.39 is 0 Å². The number of rotatable bonds is 5. The Labute approximate surface area is 165 Å². The summed E-state index contributed by atoms with van der Waals surface area (Å²) in [4.78, 5) is 11.5. The Hall–Kier alpha value is -3.71. The van der Waals surface area contributed by atoms with Crippen LogP contribution in [0.2, 0.25) is 0 Å². The lowest BCUT2D eigenvalue weighted by Gasteiger charge is -2.06. The summed E-state index contributed by atoms with van der Waals surface area (Å²) < 4.78 is 0. The van der Waals surface area contributed by atoms with E-state index in [1.807, 2.05) is 60.7 Å². The molecule has 0 amide bonds. The van der Waals surface area contributed by atoms with Crippen molar-refractivity contribution >= 4 is 18.4 Å². The Morgan fingerprint density at radius 2 is 1.00 bits per heavy atom. The van der Waals surface area contributed by atoms with Gasteiger partial charge in [0.2, 0.25) is 0 Å². The summed E-state index contributed by atoms with van der Waals surface area (Å²) in [6.07, 6.45) is 4.96. The average molecular weight is 360 g/mol. The lowest BCUT2D eigenvalue weighted by atomic mass is 9.98. The molecule has 4 rings (SSSR count). The first-order chi connectivity index (χ1) is 13.8. The fourth-order valence-corrected chi connectivity index (χ4v) is 3.24. The molecular formula is C27H20O. The van der Waals surface area contributed by atoms with Crippen LogP contribution in [0.1, 0.15) is 21.5 Å². The highest BCUT2D eigenvalue weighted by atomic mass is 16.1. The van der Waals surface area contributed by atoms with E-state index in [4.69, 9.17) is 0 Å². The Morgan fingerprint density at radius 1 is 0.464 bits per heavy atom. The summed E-state index contributed by atoms with van der Waals surface area (Å²) in [5, 5.41) is 0. The third-order valence-electron chi connectivity index (χ3n) is 4.79. The van der Waals surface area contributed by atoms with Crippen molar-refractivity contribution in [3.05, 3.63) is 120 Å². The molecule has 0 fully saturated rings. The largest absolute Gasteiger partial charge is 0.298 e. The van der Waals surface area contributed by atoms with Crippen molar-refractivity contribution in [1.29, 1.82) is 0 Å². The van der Waals surface area contributed by atoms with Gasteiger partial charge in [-0.3, -0.25) is 4.79 Å². The number of hydrogen-bond acceptors (Lipinski definition) is 1. The van der Waals surface area contributed by atoms with Gasteiger partial charge in [0.1, 0.15) is 0 Å².